The van der Waals surface area contributed by atoms with Gasteiger partial charge in [-0.1, -0.05) is 23.7 Å². The van der Waals surface area contributed by atoms with E-state index in [0.29, 0.717) is 41.9 Å². The van der Waals surface area contributed by atoms with E-state index in [0.717, 1.165) is 15.9 Å². The van der Waals surface area contributed by atoms with Crippen LogP contribution < -0.4 is 0 Å². The van der Waals surface area contributed by atoms with Crippen LogP contribution in [0.2, 0.25) is 5.02 Å². The molecule has 31 heavy (non-hydrogen) atoms. The fourth-order valence-corrected chi connectivity index (χ4v) is 4.42. The van der Waals surface area contributed by atoms with Crippen molar-refractivity contribution < 1.29 is 22.7 Å². The molecule has 1 fully saturated rings. The van der Waals surface area contributed by atoms with Gasteiger partial charge in [-0.25, -0.2) is 0 Å². The van der Waals surface area contributed by atoms with Crippen LogP contribution in [0.15, 0.2) is 29.8 Å². The predicted octanol–water partition coefficient (Wildman–Crippen LogP) is 4.51. The molecule has 3 aromatic rings. The Bertz CT molecular complexity index is 1080. The summed E-state index contributed by atoms with van der Waals surface area (Å²) in [6, 6.07) is 6.43. The zero-order chi connectivity index (χ0) is 22.2. The first kappa shape index (κ1) is 21.8. The Balaban J connectivity index is 1.97. The maximum atomic E-state index is 14.2. The Hall–Kier alpha value is -2.43. The number of carbonyl (C=O) groups excluding carboxylic acids is 1. The molecule has 164 valence electrons. The van der Waals surface area contributed by atoms with E-state index in [1.54, 1.807) is 24.3 Å². The lowest BCUT2D eigenvalue weighted by molar-refractivity contribution is -0.143. The summed E-state index contributed by atoms with van der Waals surface area (Å²) in [7, 11) is 0. The van der Waals surface area contributed by atoms with E-state index in [2.05, 4.69) is 10.2 Å². The number of hydrogen-bond acceptors (Lipinski definition) is 5. The number of amides is 1. The molecule has 0 bridgehead atoms. The molecule has 6 nitrogen and oxygen atoms in total. The second-order valence-corrected chi connectivity index (χ2v) is 8.38. The zero-order valence-corrected chi connectivity index (χ0v) is 18.0. The summed E-state index contributed by atoms with van der Waals surface area (Å²) in [5.41, 5.74) is 1.26. The fraction of sp³-hybridized carbons (Fsp3) is 0.350. The first-order chi connectivity index (χ1) is 14.8. The summed E-state index contributed by atoms with van der Waals surface area (Å²) < 4.78 is 48.9. The molecule has 4 rings (SSSR count). The van der Waals surface area contributed by atoms with Crippen molar-refractivity contribution in [2.75, 3.05) is 26.3 Å². The highest BCUT2D eigenvalue weighted by Crippen LogP contribution is 2.42. The predicted molar refractivity (Wildman–Crippen MR) is 110 cm³/mol. The van der Waals surface area contributed by atoms with Crippen molar-refractivity contribution in [3.8, 4) is 11.1 Å². The number of halogens is 4. The van der Waals surface area contributed by atoms with Crippen LogP contribution in [0.25, 0.3) is 11.1 Å². The van der Waals surface area contributed by atoms with Crippen LogP contribution in [0.3, 0.4) is 0 Å². The maximum Gasteiger partial charge on any atom is 0.431 e. The minimum absolute atomic E-state index is 0.0176. The van der Waals surface area contributed by atoms with Gasteiger partial charge in [-0.15, -0.1) is 21.5 Å². The van der Waals surface area contributed by atoms with Gasteiger partial charge in [0.15, 0.2) is 0 Å². The van der Waals surface area contributed by atoms with E-state index < -0.39 is 17.8 Å². The van der Waals surface area contributed by atoms with Gasteiger partial charge in [0.2, 0.25) is 0 Å². The van der Waals surface area contributed by atoms with Gasteiger partial charge in [0.25, 0.3) is 5.91 Å². The molecule has 0 radical (unpaired) electrons. The monoisotopic (exact) mass is 470 g/mol. The molecule has 0 N–H and O–H groups in total. The molecule has 0 unspecified atom stereocenters. The molecule has 11 heteroatoms. The van der Waals surface area contributed by atoms with Gasteiger partial charge in [-0.2, -0.15) is 13.2 Å². The molecule has 0 atom stereocenters. The van der Waals surface area contributed by atoms with E-state index in [1.165, 1.54) is 17.3 Å². The number of nitrogens with zero attached hydrogens (tertiary/aromatic N) is 4. The number of benzene rings is 1. The summed E-state index contributed by atoms with van der Waals surface area (Å²) in [5, 5.41) is 8.43. The van der Waals surface area contributed by atoms with Gasteiger partial charge in [0.05, 0.1) is 19.8 Å². The molecule has 1 aromatic carbocycles. The second kappa shape index (κ2) is 8.60. The normalized spacial score (nSPS) is 14.8. The molecule has 2 aromatic heterocycles. The number of carbonyl (C=O) groups is 1. The standard InChI is InChI=1S/C20H18ClF3N4O2S/c1-12-16(13-2-4-14(21)5-3-13)17(19(29)27-6-8-30-9-7-27)28(18(12)20(22,23)24)10-15-26-25-11-31-15/h2-5,11H,6-10H2,1H3. The summed E-state index contributed by atoms with van der Waals surface area (Å²) >= 11 is 7.11. The molecule has 1 saturated heterocycles. The molecule has 1 aliphatic heterocycles. The van der Waals surface area contributed by atoms with E-state index in [9.17, 15) is 18.0 Å². The van der Waals surface area contributed by atoms with Gasteiger partial charge in [-0.05, 0) is 30.2 Å². The summed E-state index contributed by atoms with van der Waals surface area (Å²) in [6.07, 6.45) is -4.67. The van der Waals surface area contributed by atoms with Crippen molar-refractivity contribution >= 4 is 28.8 Å². The number of morpholine rings is 1. The largest absolute Gasteiger partial charge is 0.431 e. The first-order valence-corrected chi connectivity index (χ1v) is 10.7. The number of alkyl halides is 3. The number of hydrogen-bond donors (Lipinski definition) is 0. The first-order valence-electron chi connectivity index (χ1n) is 9.45. The van der Waals surface area contributed by atoms with Crippen molar-refractivity contribution in [1.82, 2.24) is 19.7 Å². The molecule has 3 heterocycles. The van der Waals surface area contributed by atoms with Crippen molar-refractivity contribution in [3.05, 3.63) is 56.8 Å². The van der Waals surface area contributed by atoms with Crippen LogP contribution >= 0.6 is 22.9 Å². The van der Waals surface area contributed by atoms with Crippen LogP contribution in [-0.4, -0.2) is 51.9 Å². The minimum atomic E-state index is -4.67. The smallest absolute Gasteiger partial charge is 0.378 e. The van der Waals surface area contributed by atoms with Crippen LogP contribution in [0.1, 0.15) is 26.8 Å². The number of ether oxygens (including phenoxy) is 1. The van der Waals surface area contributed by atoms with E-state index in [-0.39, 0.29) is 23.4 Å². The summed E-state index contributed by atoms with van der Waals surface area (Å²) in [4.78, 5) is 15.0. The van der Waals surface area contributed by atoms with Gasteiger partial charge < -0.3 is 14.2 Å². The van der Waals surface area contributed by atoms with Gasteiger partial charge >= 0.3 is 6.18 Å². The van der Waals surface area contributed by atoms with Crippen molar-refractivity contribution in [2.45, 2.75) is 19.6 Å². The Morgan fingerprint density at radius 1 is 1.23 bits per heavy atom. The van der Waals surface area contributed by atoms with Crippen LogP contribution in [-0.2, 0) is 17.5 Å². The lowest BCUT2D eigenvalue weighted by Crippen LogP contribution is -2.41. The molecular weight excluding hydrogens is 453 g/mol. The Kier molecular flexibility index (Phi) is 6.05. The lowest BCUT2D eigenvalue weighted by Gasteiger charge is -2.28. The quantitative estimate of drug-likeness (QED) is 0.563. The summed E-state index contributed by atoms with van der Waals surface area (Å²) in [5.74, 6) is -0.476. The topological polar surface area (TPSA) is 60.2 Å². The second-order valence-electron chi connectivity index (χ2n) is 7.03. The third-order valence-electron chi connectivity index (χ3n) is 5.11. The number of rotatable bonds is 4. The van der Waals surface area contributed by atoms with Crippen molar-refractivity contribution in [1.29, 1.82) is 0 Å². The lowest BCUT2D eigenvalue weighted by atomic mass is 10.00. The third kappa shape index (κ3) is 4.32. The van der Waals surface area contributed by atoms with Gasteiger partial charge in [0, 0.05) is 23.7 Å². The highest BCUT2D eigenvalue weighted by Gasteiger charge is 2.42. The van der Waals surface area contributed by atoms with Crippen molar-refractivity contribution in [3.63, 3.8) is 0 Å². The fourth-order valence-electron chi connectivity index (χ4n) is 3.78. The van der Waals surface area contributed by atoms with Crippen LogP contribution in [0.5, 0.6) is 0 Å². The molecule has 1 aliphatic rings. The van der Waals surface area contributed by atoms with Crippen LogP contribution in [0, 0.1) is 6.92 Å². The van der Waals surface area contributed by atoms with E-state index in [1.807, 2.05) is 0 Å². The number of aromatic nitrogens is 3. The minimum Gasteiger partial charge on any atom is -0.378 e. The van der Waals surface area contributed by atoms with Gasteiger partial charge in [-0.3, -0.25) is 4.79 Å². The SMILES string of the molecule is Cc1c(-c2ccc(Cl)cc2)c(C(=O)N2CCOCC2)n(Cc2nncs2)c1C(F)(F)F. The molecule has 0 spiro atoms. The summed E-state index contributed by atoms with van der Waals surface area (Å²) in [6.45, 7) is 2.47. The Labute approximate surface area is 185 Å². The molecule has 0 aliphatic carbocycles. The van der Waals surface area contributed by atoms with Crippen molar-refractivity contribution in [2.24, 2.45) is 0 Å². The van der Waals surface area contributed by atoms with Gasteiger partial charge in [0.1, 0.15) is 21.9 Å². The third-order valence-corrected chi connectivity index (χ3v) is 6.04. The zero-order valence-electron chi connectivity index (χ0n) is 16.4. The maximum absolute atomic E-state index is 14.2. The average molecular weight is 471 g/mol. The average Bonchev–Trinajstić information content (AvgIpc) is 3.34. The highest BCUT2D eigenvalue weighted by molar-refractivity contribution is 7.09. The highest BCUT2D eigenvalue weighted by atomic mass is 35.5. The molecule has 0 saturated carbocycles. The van der Waals surface area contributed by atoms with E-state index >= 15 is 0 Å². The van der Waals surface area contributed by atoms with E-state index in [4.69, 9.17) is 16.3 Å². The molecule has 1 amide bonds. The van der Waals surface area contributed by atoms with Crippen LogP contribution in [0.4, 0.5) is 13.2 Å². The Morgan fingerprint density at radius 2 is 1.90 bits per heavy atom. The Morgan fingerprint density at radius 3 is 2.48 bits per heavy atom. The molecular formula is C20H18ClF3N4O2S.